The lowest BCUT2D eigenvalue weighted by atomic mass is 10.1. The van der Waals surface area contributed by atoms with E-state index in [9.17, 15) is 9.59 Å². The molecule has 5 nitrogen and oxygen atoms in total. The van der Waals surface area contributed by atoms with Gasteiger partial charge >= 0.3 is 11.9 Å². The minimum Gasteiger partial charge on any atom is -0.494 e. The minimum atomic E-state index is -0.530. The van der Waals surface area contributed by atoms with Crippen LogP contribution in [-0.2, 0) is 9.47 Å². The van der Waals surface area contributed by atoms with Crippen LogP contribution in [0.3, 0.4) is 0 Å². The highest BCUT2D eigenvalue weighted by Crippen LogP contribution is 2.19. The highest BCUT2D eigenvalue weighted by Gasteiger charge is 2.14. The Morgan fingerprint density at radius 3 is 1.95 bits per heavy atom. The summed E-state index contributed by atoms with van der Waals surface area (Å²) in [5.41, 5.74) is 0.505. The Bertz CT molecular complexity index is 467. The van der Waals surface area contributed by atoms with Crippen molar-refractivity contribution in [3.8, 4) is 5.75 Å². The van der Waals surface area contributed by atoms with Crippen LogP contribution in [0.4, 0.5) is 0 Å². The predicted octanol–water partition coefficient (Wildman–Crippen LogP) is 3.44. The first-order valence-corrected chi connectivity index (χ1v) is 7.66. The highest BCUT2D eigenvalue weighted by molar-refractivity contribution is 6.17. The molecule has 6 heteroatoms. The van der Waals surface area contributed by atoms with Crippen LogP contribution >= 0.6 is 11.6 Å². The number of esters is 2. The van der Waals surface area contributed by atoms with E-state index in [-0.39, 0.29) is 11.1 Å². The van der Waals surface area contributed by atoms with Crippen LogP contribution in [0.1, 0.15) is 46.4 Å². The molecule has 1 aromatic rings. The summed E-state index contributed by atoms with van der Waals surface area (Å²) in [5.74, 6) is 0.0564. The van der Waals surface area contributed by atoms with Gasteiger partial charge in [-0.15, -0.1) is 11.6 Å². The summed E-state index contributed by atoms with van der Waals surface area (Å²) < 4.78 is 14.9. The number of benzene rings is 1. The molecular weight excluding hydrogens is 308 g/mol. The molecule has 122 valence electrons. The van der Waals surface area contributed by atoms with E-state index in [1.54, 1.807) is 12.1 Å². The van der Waals surface area contributed by atoms with Crippen LogP contribution in [0, 0.1) is 0 Å². The molecule has 0 N–H and O–H groups in total. The van der Waals surface area contributed by atoms with E-state index in [2.05, 4.69) is 9.47 Å². The van der Waals surface area contributed by atoms with Gasteiger partial charge in [-0.25, -0.2) is 9.59 Å². The molecule has 0 fully saturated rings. The molecule has 0 spiro atoms. The number of carbonyl (C=O) groups excluding carboxylic acids is 2. The first kappa shape index (κ1) is 18.3. The lowest BCUT2D eigenvalue weighted by molar-refractivity contribution is 0.0598. The third kappa shape index (κ3) is 5.93. The number of hydrogen-bond acceptors (Lipinski definition) is 5. The summed E-state index contributed by atoms with van der Waals surface area (Å²) in [6.07, 6.45) is 3.95. The lowest BCUT2D eigenvalue weighted by Gasteiger charge is -2.10. The fraction of sp³-hybridized carbons (Fsp3) is 0.500. The number of ether oxygens (including phenoxy) is 3. The zero-order valence-corrected chi connectivity index (χ0v) is 13.6. The second-order valence-electron chi connectivity index (χ2n) is 4.68. The van der Waals surface area contributed by atoms with Gasteiger partial charge in [0, 0.05) is 5.88 Å². The van der Waals surface area contributed by atoms with Gasteiger partial charge in [0.25, 0.3) is 0 Å². The molecular formula is C16H21ClO5. The molecule has 0 aliphatic rings. The highest BCUT2D eigenvalue weighted by atomic mass is 35.5. The fourth-order valence-corrected chi connectivity index (χ4v) is 2.08. The summed E-state index contributed by atoms with van der Waals surface area (Å²) in [6, 6.07) is 4.53. The number of halogens is 1. The molecule has 1 aromatic carbocycles. The van der Waals surface area contributed by atoms with Crippen molar-refractivity contribution in [3.63, 3.8) is 0 Å². The van der Waals surface area contributed by atoms with Gasteiger partial charge in [0.05, 0.1) is 32.0 Å². The maximum atomic E-state index is 11.6. The Morgan fingerprint density at radius 1 is 0.909 bits per heavy atom. The Balaban J connectivity index is 2.71. The van der Waals surface area contributed by atoms with Crippen molar-refractivity contribution in [1.82, 2.24) is 0 Å². The normalized spacial score (nSPS) is 10.1. The van der Waals surface area contributed by atoms with E-state index in [1.165, 1.54) is 20.3 Å². The van der Waals surface area contributed by atoms with E-state index in [4.69, 9.17) is 16.3 Å². The zero-order chi connectivity index (χ0) is 16.4. The van der Waals surface area contributed by atoms with Crippen LogP contribution in [0.5, 0.6) is 5.75 Å². The zero-order valence-electron chi connectivity index (χ0n) is 12.9. The molecule has 0 aromatic heterocycles. The van der Waals surface area contributed by atoms with E-state index < -0.39 is 11.9 Å². The first-order chi connectivity index (χ1) is 10.6. The van der Waals surface area contributed by atoms with Gasteiger partial charge < -0.3 is 14.2 Å². The van der Waals surface area contributed by atoms with E-state index in [1.807, 2.05) is 0 Å². The van der Waals surface area contributed by atoms with Crippen molar-refractivity contribution in [2.45, 2.75) is 25.7 Å². The van der Waals surface area contributed by atoms with Crippen molar-refractivity contribution in [1.29, 1.82) is 0 Å². The van der Waals surface area contributed by atoms with E-state index in [0.717, 1.165) is 25.7 Å². The number of rotatable bonds is 9. The fourth-order valence-electron chi connectivity index (χ4n) is 1.89. The topological polar surface area (TPSA) is 61.8 Å². The second-order valence-corrected chi connectivity index (χ2v) is 5.06. The Kier molecular flexibility index (Phi) is 8.36. The third-order valence-corrected chi connectivity index (χ3v) is 3.31. The van der Waals surface area contributed by atoms with Gasteiger partial charge in [-0.3, -0.25) is 0 Å². The lowest BCUT2D eigenvalue weighted by Crippen LogP contribution is -2.08. The summed E-state index contributed by atoms with van der Waals surface area (Å²) in [4.78, 5) is 23.3. The largest absolute Gasteiger partial charge is 0.494 e. The Hall–Kier alpha value is -1.75. The molecule has 0 aliphatic heterocycles. The molecule has 0 amide bonds. The second kappa shape index (κ2) is 10.1. The SMILES string of the molecule is COC(=O)c1cc(OCCCCCCCl)cc(C(=O)OC)c1. The number of carbonyl (C=O) groups is 2. The Morgan fingerprint density at radius 2 is 1.45 bits per heavy atom. The average Bonchev–Trinajstić information content (AvgIpc) is 2.56. The molecule has 22 heavy (non-hydrogen) atoms. The minimum absolute atomic E-state index is 0.252. The number of hydrogen-bond donors (Lipinski definition) is 0. The van der Waals surface area contributed by atoms with Crippen LogP contribution in [0.15, 0.2) is 18.2 Å². The quantitative estimate of drug-likeness (QED) is 0.395. The summed E-state index contributed by atoms with van der Waals surface area (Å²) in [7, 11) is 2.56. The van der Waals surface area contributed by atoms with Gasteiger partial charge in [0.1, 0.15) is 5.75 Å². The van der Waals surface area contributed by atoms with Crippen LogP contribution < -0.4 is 4.74 Å². The van der Waals surface area contributed by atoms with Gasteiger partial charge in [-0.05, 0) is 31.0 Å². The molecule has 0 heterocycles. The monoisotopic (exact) mass is 328 g/mol. The van der Waals surface area contributed by atoms with Crippen molar-refractivity contribution >= 4 is 23.5 Å². The average molecular weight is 329 g/mol. The molecule has 1 rings (SSSR count). The van der Waals surface area contributed by atoms with Crippen molar-refractivity contribution in [2.75, 3.05) is 26.7 Å². The molecule has 0 aliphatic carbocycles. The van der Waals surface area contributed by atoms with Crippen molar-refractivity contribution < 1.29 is 23.8 Å². The van der Waals surface area contributed by atoms with Crippen molar-refractivity contribution in [3.05, 3.63) is 29.3 Å². The smallest absolute Gasteiger partial charge is 0.338 e. The van der Waals surface area contributed by atoms with Crippen LogP contribution in [-0.4, -0.2) is 38.6 Å². The summed E-state index contributed by atoms with van der Waals surface area (Å²) in [5, 5.41) is 0. The maximum absolute atomic E-state index is 11.6. The standard InChI is InChI=1S/C16H21ClO5/c1-20-15(18)12-9-13(16(19)21-2)11-14(10-12)22-8-6-4-3-5-7-17/h9-11H,3-8H2,1-2H3. The van der Waals surface area contributed by atoms with Gasteiger partial charge in [0.2, 0.25) is 0 Å². The molecule has 0 atom stereocenters. The predicted molar refractivity (Wildman–Crippen MR) is 83.8 cm³/mol. The van der Waals surface area contributed by atoms with Gasteiger partial charge in [-0.1, -0.05) is 12.8 Å². The number of methoxy groups -OCH3 is 2. The first-order valence-electron chi connectivity index (χ1n) is 7.13. The number of unbranched alkanes of at least 4 members (excludes halogenated alkanes) is 3. The number of alkyl halides is 1. The maximum Gasteiger partial charge on any atom is 0.338 e. The van der Waals surface area contributed by atoms with E-state index >= 15 is 0 Å². The van der Waals surface area contributed by atoms with E-state index in [0.29, 0.717) is 18.2 Å². The summed E-state index contributed by atoms with van der Waals surface area (Å²) in [6.45, 7) is 0.507. The van der Waals surface area contributed by atoms with Crippen LogP contribution in [0.2, 0.25) is 0 Å². The molecule has 0 saturated heterocycles. The van der Waals surface area contributed by atoms with Crippen LogP contribution in [0.25, 0.3) is 0 Å². The Labute approximate surface area is 135 Å². The van der Waals surface area contributed by atoms with Gasteiger partial charge in [-0.2, -0.15) is 0 Å². The molecule has 0 saturated carbocycles. The molecule has 0 radical (unpaired) electrons. The van der Waals surface area contributed by atoms with Gasteiger partial charge in [0.15, 0.2) is 0 Å². The third-order valence-electron chi connectivity index (χ3n) is 3.05. The molecule has 0 bridgehead atoms. The summed E-state index contributed by atoms with van der Waals surface area (Å²) >= 11 is 5.61. The molecule has 0 unspecified atom stereocenters. The van der Waals surface area contributed by atoms with Crippen molar-refractivity contribution in [2.24, 2.45) is 0 Å².